The van der Waals surface area contributed by atoms with Crippen molar-refractivity contribution in [2.75, 3.05) is 0 Å². The predicted molar refractivity (Wildman–Crippen MR) is 62.9 cm³/mol. The van der Waals surface area contributed by atoms with Crippen LogP contribution in [0, 0.1) is 0 Å². The van der Waals surface area contributed by atoms with Gasteiger partial charge in [-0.15, -0.1) is 8.78 Å². The van der Waals surface area contributed by atoms with Crippen molar-refractivity contribution >= 4 is 0 Å². The van der Waals surface area contributed by atoms with Gasteiger partial charge in [0.15, 0.2) is 11.5 Å². The van der Waals surface area contributed by atoms with E-state index >= 15 is 0 Å². The molecule has 1 aliphatic rings. The molecule has 0 saturated heterocycles. The van der Waals surface area contributed by atoms with Gasteiger partial charge in [-0.05, 0) is 29.8 Å². The molecule has 0 amide bonds. The Morgan fingerprint density at radius 3 is 2.63 bits per heavy atom. The van der Waals surface area contributed by atoms with E-state index in [9.17, 15) is 8.78 Å². The summed E-state index contributed by atoms with van der Waals surface area (Å²) >= 11 is 0. The predicted octanol–water partition coefficient (Wildman–Crippen LogP) is 2.45. The maximum atomic E-state index is 12.9. The third-order valence-electron chi connectivity index (χ3n) is 2.79. The monoisotopic (exact) mass is 264 g/mol. The van der Waals surface area contributed by atoms with Crippen LogP contribution in [0.25, 0.3) is 0 Å². The molecule has 1 aromatic carbocycles. The zero-order valence-corrected chi connectivity index (χ0v) is 9.72. The fourth-order valence-corrected chi connectivity index (χ4v) is 1.89. The highest BCUT2D eigenvalue weighted by Crippen LogP contribution is 2.42. The van der Waals surface area contributed by atoms with Gasteiger partial charge in [0.05, 0.1) is 11.7 Å². The van der Waals surface area contributed by atoms with E-state index in [4.69, 9.17) is 5.73 Å². The Hall–Kier alpha value is -2.21. The van der Waals surface area contributed by atoms with E-state index in [2.05, 4.69) is 14.5 Å². The van der Waals surface area contributed by atoms with Gasteiger partial charge in [-0.25, -0.2) is 0 Å². The molecule has 1 aliphatic heterocycles. The minimum absolute atomic E-state index is 0.00182. The summed E-state index contributed by atoms with van der Waals surface area (Å²) in [5.74, 6) is -0.0177. The second kappa shape index (κ2) is 4.17. The highest BCUT2D eigenvalue weighted by Gasteiger charge is 2.43. The number of hydrogen-bond acceptors (Lipinski definition) is 4. The molecule has 2 N–H and O–H groups in total. The molecule has 0 spiro atoms. The number of ether oxygens (including phenoxy) is 2. The molecule has 0 saturated carbocycles. The van der Waals surface area contributed by atoms with Gasteiger partial charge in [0.2, 0.25) is 0 Å². The first-order valence-corrected chi connectivity index (χ1v) is 5.61. The molecular weight excluding hydrogens is 254 g/mol. The second-order valence-corrected chi connectivity index (χ2v) is 4.11. The number of fused-ring (bicyclic) bond motifs is 1. The summed E-state index contributed by atoms with van der Waals surface area (Å²) in [6.45, 7) is 0. The number of nitrogens with two attached hydrogens (primary N) is 1. The van der Waals surface area contributed by atoms with Crippen LogP contribution in [0.3, 0.4) is 0 Å². The quantitative estimate of drug-likeness (QED) is 0.905. The Morgan fingerprint density at radius 2 is 1.89 bits per heavy atom. The SMILES string of the molecule is NC(c1ccc2c(c1)OC(F)(F)O2)c1ccccn1. The summed E-state index contributed by atoms with van der Waals surface area (Å²) in [6.07, 6.45) is -1.99. The van der Waals surface area contributed by atoms with Gasteiger partial charge in [0.25, 0.3) is 0 Å². The molecule has 19 heavy (non-hydrogen) atoms. The van der Waals surface area contributed by atoms with E-state index < -0.39 is 12.3 Å². The van der Waals surface area contributed by atoms with Gasteiger partial charge in [-0.2, -0.15) is 0 Å². The van der Waals surface area contributed by atoms with Crippen molar-refractivity contribution in [1.29, 1.82) is 0 Å². The fraction of sp³-hybridized carbons (Fsp3) is 0.154. The van der Waals surface area contributed by atoms with Crippen molar-refractivity contribution in [3.8, 4) is 11.5 Å². The average molecular weight is 264 g/mol. The maximum absolute atomic E-state index is 12.9. The summed E-state index contributed by atoms with van der Waals surface area (Å²) in [5.41, 5.74) is 7.30. The molecule has 1 unspecified atom stereocenters. The number of benzene rings is 1. The standard InChI is InChI=1S/C13H10F2N2O2/c14-13(15)18-10-5-4-8(7-11(10)19-13)12(16)9-3-1-2-6-17-9/h1-7,12H,16H2. The highest BCUT2D eigenvalue weighted by atomic mass is 19.3. The summed E-state index contributed by atoms with van der Waals surface area (Å²) < 4.78 is 34.5. The summed E-state index contributed by atoms with van der Waals surface area (Å²) in [4.78, 5) is 4.13. The minimum Gasteiger partial charge on any atom is -0.395 e. The number of hydrogen-bond donors (Lipinski definition) is 1. The van der Waals surface area contributed by atoms with Crippen LogP contribution in [0.1, 0.15) is 17.3 Å². The Balaban J connectivity index is 1.92. The Morgan fingerprint density at radius 1 is 1.11 bits per heavy atom. The van der Waals surface area contributed by atoms with Crippen molar-refractivity contribution in [2.24, 2.45) is 5.73 Å². The molecule has 3 rings (SSSR count). The van der Waals surface area contributed by atoms with Crippen LogP contribution in [0.5, 0.6) is 11.5 Å². The lowest BCUT2D eigenvalue weighted by atomic mass is 10.0. The van der Waals surface area contributed by atoms with Crippen molar-refractivity contribution < 1.29 is 18.3 Å². The third-order valence-corrected chi connectivity index (χ3v) is 2.79. The van der Waals surface area contributed by atoms with Crippen molar-refractivity contribution in [3.63, 3.8) is 0 Å². The number of aromatic nitrogens is 1. The average Bonchev–Trinajstić information content (AvgIpc) is 2.71. The molecule has 0 fully saturated rings. The van der Waals surface area contributed by atoms with Crippen LogP contribution in [-0.2, 0) is 0 Å². The Labute approximate surface area is 107 Å². The zero-order chi connectivity index (χ0) is 13.5. The molecule has 1 aromatic heterocycles. The van der Waals surface area contributed by atoms with E-state index in [0.717, 1.165) is 0 Å². The topological polar surface area (TPSA) is 57.4 Å². The molecule has 2 aromatic rings. The van der Waals surface area contributed by atoms with Gasteiger partial charge in [-0.1, -0.05) is 12.1 Å². The number of nitrogens with zero attached hydrogens (tertiary/aromatic N) is 1. The Kier molecular flexibility index (Phi) is 2.60. The lowest BCUT2D eigenvalue weighted by Crippen LogP contribution is -2.25. The number of alkyl halides is 2. The maximum Gasteiger partial charge on any atom is 0.586 e. The van der Waals surface area contributed by atoms with Crippen molar-refractivity contribution in [3.05, 3.63) is 53.9 Å². The van der Waals surface area contributed by atoms with Gasteiger partial charge >= 0.3 is 6.29 Å². The minimum atomic E-state index is -3.62. The zero-order valence-electron chi connectivity index (χ0n) is 9.72. The first kappa shape index (κ1) is 11.9. The molecule has 0 bridgehead atoms. The lowest BCUT2D eigenvalue weighted by Gasteiger charge is -2.11. The molecule has 1 atom stereocenters. The first-order chi connectivity index (χ1) is 9.05. The van der Waals surface area contributed by atoms with Crippen LogP contribution in [-0.4, -0.2) is 11.3 Å². The summed E-state index contributed by atoms with van der Waals surface area (Å²) in [7, 11) is 0. The lowest BCUT2D eigenvalue weighted by molar-refractivity contribution is -0.286. The largest absolute Gasteiger partial charge is 0.586 e. The number of pyridine rings is 1. The van der Waals surface area contributed by atoms with E-state index in [1.54, 1.807) is 24.4 Å². The van der Waals surface area contributed by atoms with Gasteiger partial charge < -0.3 is 15.2 Å². The molecule has 4 nitrogen and oxygen atoms in total. The third kappa shape index (κ3) is 2.22. The number of halogens is 2. The summed E-state index contributed by atoms with van der Waals surface area (Å²) in [5, 5.41) is 0. The fourth-order valence-electron chi connectivity index (χ4n) is 1.89. The van der Waals surface area contributed by atoms with Gasteiger partial charge in [0.1, 0.15) is 0 Å². The molecule has 6 heteroatoms. The molecule has 0 aliphatic carbocycles. The van der Waals surface area contributed by atoms with Gasteiger partial charge in [0, 0.05) is 6.20 Å². The van der Waals surface area contributed by atoms with E-state index in [1.807, 2.05) is 6.07 Å². The van der Waals surface area contributed by atoms with Crippen LogP contribution in [0.15, 0.2) is 42.6 Å². The highest BCUT2D eigenvalue weighted by molar-refractivity contribution is 5.47. The smallest absolute Gasteiger partial charge is 0.395 e. The normalized spacial score (nSPS) is 17.2. The van der Waals surface area contributed by atoms with Crippen LogP contribution >= 0.6 is 0 Å². The van der Waals surface area contributed by atoms with Crippen molar-refractivity contribution in [2.45, 2.75) is 12.3 Å². The number of rotatable bonds is 2. The second-order valence-electron chi connectivity index (χ2n) is 4.11. The van der Waals surface area contributed by atoms with E-state index in [0.29, 0.717) is 11.3 Å². The molecule has 0 radical (unpaired) electrons. The van der Waals surface area contributed by atoms with Crippen LogP contribution in [0.4, 0.5) is 8.78 Å². The van der Waals surface area contributed by atoms with E-state index in [1.165, 1.54) is 12.1 Å². The van der Waals surface area contributed by atoms with E-state index in [-0.39, 0.29) is 11.5 Å². The molecule has 98 valence electrons. The summed E-state index contributed by atoms with van der Waals surface area (Å²) in [6, 6.07) is 9.31. The van der Waals surface area contributed by atoms with Gasteiger partial charge in [-0.3, -0.25) is 4.98 Å². The molecular formula is C13H10F2N2O2. The first-order valence-electron chi connectivity index (χ1n) is 5.61. The Bertz CT molecular complexity index is 605. The molecule has 2 heterocycles. The van der Waals surface area contributed by atoms with Crippen LogP contribution < -0.4 is 15.2 Å². The van der Waals surface area contributed by atoms with Crippen LogP contribution in [0.2, 0.25) is 0 Å². The van der Waals surface area contributed by atoms with Crippen molar-refractivity contribution in [1.82, 2.24) is 4.98 Å².